The molecule has 2 heterocycles. The van der Waals surface area contributed by atoms with E-state index >= 15 is 0 Å². The van der Waals surface area contributed by atoms with Gasteiger partial charge in [0.2, 0.25) is 5.52 Å². The van der Waals surface area contributed by atoms with E-state index in [-0.39, 0.29) is 5.56 Å². The van der Waals surface area contributed by atoms with E-state index in [0.29, 0.717) is 29.1 Å². The van der Waals surface area contributed by atoms with Gasteiger partial charge in [0.25, 0.3) is 5.56 Å². The molecule has 0 aliphatic heterocycles. The van der Waals surface area contributed by atoms with E-state index in [1.54, 1.807) is 24.3 Å². The highest BCUT2D eigenvalue weighted by molar-refractivity contribution is 5.91. The zero-order valence-electron chi connectivity index (χ0n) is 14.8. The highest BCUT2D eigenvalue weighted by atomic mass is 16.5. The number of aromatic nitrogens is 3. The summed E-state index contributed by atoms with van der Waals surface area (Å²) in [7, 11) is 0. The molecule has 0 saturated heterocycles. The average molecular weight is 358 g/mol. The Morgan fingerprint density at radius 3 is 2.63 bits per heavy atom. The molecule has 0 fully saturated rings. The number of pyridine rings is 1. The summed E-state index contributed by atoms with van der Waals surface area (Å²) in [4.78, 5) is 12.8. The van der Waals surface area contributed by atoms with Crippen molar-refractivity contribution in [3.8, 4) is 11.3 Å². The van der Waals surface area contributed by atoms with Gasteiger partial charge in [-0.25, -0.2) is 4.68 Å². The van der Waals surface area contributed by atoms with E-state index in [2.05, 4.69) is 10.4 Å². The molecular weight excluding hydrogens is 340 g/mol. The van der Waals surface area contributed by atoms with Crippen LogP contribution in [-0.2, 0) is 6.54 Å². The summed E-state index contributed by atoms with van der Waals surface area (Å²) in [5.74, 6) is 0. The third-order valence-electron chi connectivity index (χ3n) is 4.42. The van der Waals surface area contributed by atoms with Crippen molar-refractivity contribution in [3.05, 3.63) is 88.5 Å². The summed E-state index contributed by atoms with van der Waals surface area (Å²) in [5.41, 5.74) is 3.08. The molecule has 2 aromatic carbocycles. The fraction of sp³-hybridized carbons (Fsp3) is 0.0952. The maximum atomic E-state index is 12.8. The highest BCUT2D eigenvalue weighted by Gasteiger charge is 2.12. The minimum atomic E-state index is -0.208. The second-order valence-electron chi connectivity index (χ2n) is 6.13. The zero-order chi connectivity index (χ0) is 18.8. The van der Waals surface area contributed by atoms with Crippen LogP contribution >= 0.6 is 0 Å². The second kappa shape index (κ2) is 6.92. The molecule has 134 valence electrons. The maximum absolute atomic E-state index is 12.8. The largest absolute Gasteiger partial charge is 0.618 e. The van der Waals surface area contributed by atoms with Crippen LogP contribution in [0.3, 0.4) is 0 Å². The second-order valence-corrected chi connectivity index (χ2v) is 6.13. The smallest absolute Gasteiger partial charge is 0.290 e. The Labute approximate surface area is 155 Å². The molecule has 0 bridgehead atoms. The lowest BCUT2D eigenvalue weighted by Gasteiger charge is -2.12. The predicted molar refractivity (Wildman–Crippen MR) is 106 cm³/mol. The van der Waals surface area contributed by atoms with Crippen LogP contribution in [-0.4, -0.2) is 9.78 Å². The summed E-state index contributed by atoms with van der Waals surface area (Å²) in [6.45, 7) is 2.34. The molecule has 2 aromatic heterocycles. The van der Waals surface area contributed by atoms with Crippen LogP contribution in [0.1, 0.15) is 6.92 Å². The van der Waals surface area contributed by atoms with E-state index in [0.717, 1.165) is 15.7 Å². The molecule has 6 heteroatoms. The molecule has 27 heavy (non-hydrogen) atoms. The Kier molecular flexibility index (Phi) is 4.30. The van der Waals surface area contributed by atoms with E-state index in [1.165, 1.54) is 10.9 Å². The lowest BCUT2D eigenvalue weighted by atomic mass is 10.1. The van der Waals surface area contributed by atoms with Gasteiger partial charge in [0.1, 0.15) is 5.69 Å². The van der Waals surface area contributed by atoms with Gasteiger partial charge < -0.3 is 10.5 Å². The topological polar surface area (TPSA) is 73.9 Å². The van der Waals surface area contributed by atoms with Crippen molar-refractivity contribution in [2.45, 2.75) is 13.5 Å². The van der Waals surface area contributed by atoms with Gasteiger partial charge in [0.05, 0.1) is 16.8 Å². The van der Waals surface area contributed by atoms with Crippen LogP contribution in [0.15, 0.2) is 77.7 Å². The Bertz CT molecular complexity index is 1170. The van der Waals surface area contributed by atoms with Crippen LogP contribution in [0.5, 0.6) is 0 Å². The molecular formula is C21H18N4O2. The quantitative estimate of drug-likeness (QED) is 0.448. The van der Waals surface area contributed by atoms with Gasteiger partial charge in [0.15, 0.2) is 6.20 Å². The van der Waals surface area contributed by atoms with Crippen molar-refractivity contribution in [2.75, 3.05) is 5.32 Å². The molecule has 1 N–H and O–H groups in total. The fourth-order valence-electron chi connectivity index (χ4n) is 3.07. The van der Waals surface area contributed by atoms with Gasteiger partial charge in [-0.15, -0.1) is 0 Å². The van der Waals surface area contributed by atoms with Gasteiger partial charge in [-0.05, 0) is 25.1 Å². The lowest BCUT2D eigenvalue weighted by Crippen LogP contribution is -2.26. The number of rotatable bonds is 4. The van der Waals surface area contributed by atoms with E-state index in [1.807, 2.05) is 49.4 Å². The molecule has 0 unspecified atom stereocenters. The molecule has 4 rings (SSSR count). The molecule has 4 aromatic rings. The fourth-order valence-corrected chi connectivity index (χ4v) is 3.07. The molecule has 0 radical (unpaired) electrons. The summed E-state index contributed by atoms with van der Waals surface area (Å²) in [6, 6.07) is 20.4. The number of fused-ring (bicyclic) bond motifs is 1. The van der Waals surface area contributed by atoms with Crippen molar-refractivity contribution in [3.63, 3.8) is 0 Å². The van der Waals surface area contributed by atoms with Crippen molar-refractivity contribution in [2.24, 2.45) is 0 Å². The van der Waals surface area contributed by atoms with Gasteiger partial charge in [-0.2, -0.15) is 9.83 Å². The summed E-state index contributed by atoms with van der Waals surface area (Å²) in [5, 5.41) is 20.4. The number of hydrogen-bond acceptors (Lipinski definition) is 4. The predicted octanol–water partition coefficient (Wildman–Crippen LogP) is 3.46. The van der Waals surface area contributed by atoms with E-state index in [4.69, 9.17) is 0 Å². The Balaban J connectivity index is 1.85. The standard InChI is InChI=1S/C21H18N4O2/c1-2-24-21(26)19(14-18(23-24)15-8-4-3-5-9-15)22-17-11-6-12-20-16(17)10-7-13-25(20)27/h3-14,22H,2H2,1H3. The first-order chi connectivity index (χ1) is 13.2. The van der Waals surface area contributed by atoms with Gasteiger partial charge in [-0.3, -0.25) is 4.79 Å². The molecule has 6 nitrogen and oxygen atoms in total. The van der Waals surface area contributed by atoms with Gasteiger partial charge >= 0.3 is 0 Å². The van der Waals surface area contributed by atoms with Crippen molar-refractivity contribution in [1.29, 1.82) is 0 Å². The monoisotopic (exact) mass is 358 g/mol. The number of anilines is 2. The minimum Gasteiger partial charge on any atom is -0.618 e. The maximum Gasteiger partial charge on any atom is 0.290 e. The number of benzene rings is 2. The first-order valence-electron chi connectivity index (χ1n) is 8.73. The van der Waals surface area contributed by atoms with Crippen LogP contribution in [0, 0.1) is 5.21 Å². The van der Waals surface area contributed by atoms with Crippen molar-refractivity contribution >= 4 is 22.3 Å². The molecule has 0 spiro atoms. The summed E-state index contributed by atoms with van der Waals surface area (Å²) in [6.07, 6.45) is 1.45. The lowest BCUT2D eigenvalue weighted by molar-refractivity contribution is -0.577. The normalized spacial score (nSPS) is 10.9. The summed E-state index contributed by atoms with van der Waals surface area (Å²) < 4.78 is 2.25. The summed E-state index contributed by atoms with van der Waals surface area (Å²) >= 11 is 0. The number of nitrogens with one attached hydrogen (secondary N) is 1. The van der Waals surface area contributed by atoms with Crippen LogP contribution in [0.2, 0.25) is 0 Å². The molecule has 0 saturated carbocycles. The van der Waals surface area contributed by atoms with Crippen LogP contribution in [0.25, 0.3) is 22.2 Å². The average Bonchev–Trinajstić information content (AvgIpc) is 2.71. The SMILES string of the molecule is CCn1nc(-c2ccccc2)cc(Nc2cccc3c2ccc[n+]3[O-])c1=O. The number of aryl methyl sites for hydroxylation is 1. The first kappa shape index (κ1) is 16.8. The van der Waals surface area contributed by atoms with Crippen molar-refractivity contribution < 1.29 is 4.73 Å². The highest BCUT2D eigenvalue weighted by Crippen LogP contribution is 2.25. The number of hydrogen-bond donors (Lipinski definition) is 1. The Morgan fingerprint density at radius 1 is 1.04 bits per heavy atom. The first-order valence-corrected chi connectivity index (χ1v) is 8.73. The van der Waals surface area contributed by atoms with Gasteiger partial charge in [-0.1, -0.05) is 36.4 Å². The third-order valence-corrected chi connectivity index (χ3v) is 4.42. The molecule has 0 aliphatic rings. The molecule has 0 amide bonds. The Hall–Kier alpha value is -3.67. The van der Waals surface area contributed by atoms with Crippen molar-refractivity contribution in [1.82, 2.24) is 9.78 Å². The Morgan fingerprint density at radius 2 is 1.85 bits per heavy atom. The van der Waals surface area contributed by atoms with E-state index in [9.17, 15) is 10.0 Å². The minimum absolute atomic E-state index is 0.208. The van der Waals surface area contributed by atoms with Crippen LogP contribution < -0.4 is 15.6 Å². The number of nitrogens with zero attached hydrogens (tertiary/aromatic N) is 3. The van der Waals surface area contributed by atoms with Gasteiger partial charge in [0, 0.05) is 24.2 Å². The van der Waals surface area contributed by atoms with E-state index < -0.39 is 0 Å². The molecule has 0 atom stereocenters. The van der Waals surface area contributed by atoms with Crippen LogP contribution in [0.4, 0.5) is 11.4 Å². The zero-order valence-corrected chi connectivity index (χ0v) is 14.8. The molecule has 0 aliphatic carbocycles. The third kappa shape index (κ3) is 3.13.